The van der Waals surface area contributed by atoms with Crippen LogP contribution in [0.25, 0.3) is 0 Å². The van der Waals surface area contributed by atoms with Gasteiger partial charge >= 0.3 is 0 Å². The highest BCUT2D eigenvalue weighted by Crippen LogP contribution is 2.07. The number of hydrogen-bond acceptors (Lipinski definition) is 4. The van der Waals surface area contributed by atoms with Gasteiger partial charge in [0.1, 0.15) is 0 Å². The van der Waals surface area contributed by atoms with Crippen molar-refractivity contribution in [3.8, 4) is 0 Å². The zero-order valence-corrected chi connectivity index (χ0v) is 10.2. The van der Waals surface area contributed by atoms with E-state index < -0.39 is 6.29 Å². The van der Waals surface area contributed by atoms with Gasteiger partial charge in [-0.3, -0.25) is 0 Å². The van der Waals surface area contributed by atoms with E-state index in [9.17, 15) is 0 Å². The zero-order chi connectivity index (χ0) is 12.7. The maximum atomic E-state index is 8.88. The molecule has 0 saturated heterocycles. The third-order valence-electron chi connectivity index (χ3n) is 2.43. The van der Waals surface area contributed by atoms with Gasteiger partial charge in [-0.25, -0.2) is 0 Å². The summed E-state index contributed by atoms with van der Waals surface area (Å²) >= 11 is 0. The highest BCUT2D eigenvalue weighted by atomic mass is 16.7. The molecule has 4 nitrogen and oxygen atoms in total. The average Bonchev–Trinajstić information content (AvgIpc) is 2.34. The summed E-state index contributed by atoms with van der Waals surface area (Å²) in [5, 5.41) is 17.8. The Kier molecular flexibility index (Phi) is 6.15. The van der Waals surface area contributed by atoms with E-state index in [1.807, 2.05) is 30.3 Å². The molecule has 2 unspecified atom stereocenters. The Balaban J connectivity index is 2.19. The number of rotatable bonds is 7. The van der Waals surface area contributed by atoms with Gasteiger partial charge in [0.15, 0.2) is 12.6 Å². The molecule has 0 aliphatic rings. The summed E-state index contributed by atoms with van der Waals surface area (Å²) in [7, 11) is 0. The number of aliphatic hydroxyl groups excluding tert-OH is 1. The van der Waals surface area contributed by atoms with E-state index in [1.165, 1.54) is 0 Å². The fourth-order valence-electron chi connectivity index (χ4n) is 1.21. The number of aliphatic hydroxyl groups is 2. The fraction of sp³-hybridized carbons (Fsp3) is 0.538. The summed E-state index contributed by atoms with van der Waals surface area (Å²) in [6, 6.07) is 9.82. The van der Waals surface area contributed by atoms with Crippen LogP contribution in [0.5, 0.6) is 0 Å². The van der Waals surface area contributed by atoms with Crippen LogP contribution < -0.4 is 0 Å². The monoisotopic (exact) mass is 240 g/mol. The maximum absolute atomic E-state index is 8.88. The Morgan fingerprint density at radius 2 is 1.71 bits per heavy atom. The molecule has 2 N–H and O–H groups in total. The smallest absolute Gasteiger partial charge is 0.156 e. The minimum absolute atomic E-state index is 0.258. The molecule has 2 atom stereocenters. The number of ether oxygens (including phenoxy) is 2. The standard InChI is InChI=1S/C13H20O4/c1-10(13(14)15)8-16-11(2)17-9-12-6-4-3-5-7-12/h3-7,10-11,13-15H,8-9H2,1-2H3. The molecule has 0 aromatic heterocycles. The summed E-state index contributed by atoms with van der Waals surface area (Å²) in [4.78, 5) is 0. The van der Waals surface area contributed by atoms with Crippen molar-refractivity contribution in [1.29, 1.82) is 0 Å². The zero-order valence-electron chi connectivity index (χ0n) is 10.2. The molecule has 0 saturated carbocycles. The van der Waals surface area contributed by atoms with Crippen LogP contribution in [-0.2, 0) is 16.1 Å². The predicted octanol–water partition coefficient (Wildman–Crippen LogP) is 1.51. The quantitative estimate of drug-likeness (QED) is 0.709. The lowest BCUT2D eigenvalue weighted by molar-refractivity contribution is -0.168. The normalized spacial score (nSPS) is 14.9. The Labute approximate surface area is 102 Å². The Morgan fingerprint density at radius 1 is 1.06 bits per heavy atom. The highest BCUT2D eigenvalue weighted by Gasteiger charge is 2.12. The molecule has 96 valence electrons. The van der Waals surface area contributed by atoms with E-state index in [0.717, 1.165) is 5.56 Å². The fourth-order valence-corrected chi connectivity index (χ4v) is 1.21. The van der Waals surface area contributed by atoms with Gasteiger partial charge in [-0.05, 0) is 12.5 Å². The van der Waals surface area contributed by atoms with Crippen LogP contribution in [0.2, 0.25) is 0 Å². The molecule has 1 aromatic carbocycles. The predicted molar refractivity (Wildman–Crippen MR) is 64.0 cm³/mol. The third kappa shape index (κ3) is 5.79. The summed E-state index contributed by atoms with van der Waals surface area (Å²) < 4.78 is 10.8. The molecule has 0 aliphatic heterocycles. The van der Waals surface area contributed by atoms with Gasteiger partial charge in [-0.15, -0.1) is 0 Å². The van der Waals surface area contributed by atoms with Crippen molar-refractivity contribution in [3.05, 3.63) is 35.9 Å². The Bertz CT molecular complexity index is 300. The maximum Gasteiger partial charge on any atom is 0.156 e. The minimum Gasteiger partial charge on any atom is -0.368 e. The lowest BCUT2D eigenvalue weighted by atomic mass is 10.2. The Morgan fingerprint density at radius 3 is 2.29 bits per heavy atom. The molecular formula is C13H20O4. The van der Waals surface area contributed by atoms with E-state index in [-0.39, 0.29) is 18.8 Å². The van der Waals surface area contributed by atoms with Gasteiger partial charge in [0.2, 0.25) is 0 Å². The van der Waals surface area contributed by atoms with Crippen molar-refractivity contribution in [2.45, 2.75) is 33.0 Å². The van der Waals surface area contributed by atoms with Crippen molar-refractivity contribution >= 4 is 0 Å². The van der Waals surface area contributed by atoms with Gasteiger partial charge in [0.25, 0.3) is 0 Å². The SMILES string of the molecule is CC(OCc1ccccc1)OCC(C)C(O)O. The van der Waals surface area contributed by atoms with Crippen LogP contribution in [-0.4, -0.2) is 29.4 Å². The second kappa shape index (κ2) is 7.40. The highest BCUT2D eigenvalue weighted by molar-refractivity contribution is 5.13. The molecule has 4 heteroatoms. The first kappa shape index (κ1) is 14.1. The lowest BCUT2D eigenvalue weighted by Gasteiger charge is -2.18. The Hall–Kier alpha value is -0.940. The van der Waals surface area contributed by atoms with E-state index >= 15 is 0 Å². The number of hydrogen-bond donors (Lipinski definition) is 2. The van der Waals surface area contributed by atoms with Gasteiger partial charge < -0.3 is 19.7 Å². The first-order chi connectivity index (χ1) is 8.09. The van der Waals surface area contributed by atoms with E-state index in [4.69, 9.17) is 19.7 Å². The van der Waals surface area contributed by atoms with Crippen LogP contribution in [0, 0.1) is 5.92 Å². The molecular weight excluding hydrogens is 220 g/mol. The second-order valence-electron chi connectivity index (χ2n) is 4.09. The van der Waals surface area contributed by atoms with Crippen molar-refractivity contribution in [1.82, 2.24) is 0 Å². The van der Waals surface area contributed by atoms with Gasteiger partial charge in [-0.1, -0.05) is 37.3 Å². The van der Waals surface area contributed by atoms with E-state index in [1.54, 1.807) is 13.8 Å². The van der Waals surface area contributed by atoms with Crippen molar-refractivity contribution in [2.75, 3.05) is 6.61 Å². The average molecular weight is 240 g/mol. The molecule has 1 aromatic rings. The molecule has 0 amide bonds. The van der Waals surface area contributed by atoms with Crippen LogP contribution >= 0.6 is 0 Å². The molecule has 0 radical (unpaired) electrons. The van der Waals surface area contributed by atoms with Crippen LogP contribution in [0.4, 0.5) is 0 Å². The van der Waals surface area contributed by atoms with Crippen LogP contribution in [0.15, 0.2) is 30.3 Å². The number of benzene rings is 1. The van der Waals surface area contributed by atoms with Gasteiger partial charge in [-0.2, -0.15) is 0 Å². The second-order valence-corrected chi connectivity index (χ2v) is 4.09. The first-order valence-corrected chi connectivity index (χ1v) is 5.73. The molecule has 0 aliphatic carbocycles. The minimum atomic E-state index is -1.35. The summed E-state index contributed by atoms with van der Waals surface area (Å²) in [6.07, 6.45) is -1.72. The van der Waals surface area contributed by atoms with Crippen LogP contribution in [0.3, 0.4) is 0 Å². The molecule has 0 spiro atoms. The largest absolute Gasteiger partial charge is 0.368 e. The van der Waals surface area contributed by atoms with Gasteiger partial charge in [0, 0.05) is 5.92 Å². The molecule has 0 heterocycles. The van der Waals surface area contributed by atoms with Crippen LogP contribution in [0.1, 0.15) is 19.4 Å². The van der Waals surface area contributed by atoms with E-state index in [2.05, 4.69) is 0 Å². The van der Waals surface area contributed by atoms with Crippen molar-refractivity contribution < 1.29 is 19.7 Å². The third-order valence-corrected chi connectivity index (χ3v) is 2.43. The summed E-state index contributed by atoms with van der Waals surface area (Å²) in [5.74, 6) is -0.322. The molecule has 0 bridgehead atoms. The van der Waals surface area contributed by atoms with Crippen molar-refractivity contribution in [2.24, 2.45) is 5.92 Å². The van der Waals surface area contributed by atoms with Crippen molar-refractivity contribution in [3.63, 3.8) is 0 Å². The van der Waals surface area contributed by atoms with Gasteiger partial charge in [0.05, 0.1) is 13.2 Å². The van der Waals surface area contributed by atoms with E-state index in [0.29, 0.717) is 6.61 Å². The topological polar surface area (TPSA) is 58.9 Å². The lowest BCUT2D eigenvalue weighted by Crippen LogP contribution is -2.25. The first-order valence-electron chi connectivity index (χ1n) is 5.73. The summed E-state index contributed by atoms with van der Waals surface area (Å²) in [5.41, 5.74) is 1.08. The molecule has 0 fully saturated rings. The molecule has 17 heavy (non-hydrogen) atoms. The summed E-state index contributed by atoms with van der Waals surface area (Å²) in [6.45, 7) is 4.24. The molecule has 1 rings (SSSR count).